The number of hydrogen-bond donors (Lipinski definition) is 1. The van der Waals surface area contributed by atoms with Gasteiger partial charge in [0.2, 0.25) is 5.43 Å². The Hall–Kier alpha value is -1.61. The zero-order chi connectivity index (χ0) is 11.1. The highest BCUT2D eigenvalue weighted by atomic mass is 79.9. The summed E-state index contributed by atoms with van der Waals surface area (Å²) >= 11 is 3.24. The highest BCUT2D eigenvalue weighted by Crippen LogP contribution is 2.22. The number of pyridine rings is 1. The van der Waals surface area contributed by atoms with E-state index in [0.29, 0.717) is 9.86 Å². The first-order chi connectivity index (χ1) is 7.77. The van der Waals surface area contributed by atoms with Crippen molar-refractivity contribution in [2.24, 2.45) is 0 Å². The summed E-state index contributed by atoms with van der Waals surface area (Å²) in [7, 11) is 0. The first-order valence-electron chi connectivity index (χ1n) is 4.96. The molecule has 0 bridgehead atoms. The Bertz CT molecular complexity index is 746. The summed E-state index contributed by atoms with van der Waals surface area (Å²) in [4.78, 5) is 15.1. The second-order valence-electron chi connectivity index (χ2n) is 3.67. The Morgan fingerprint density at radius 1 is 1.00 bits per heavy atom. The van der Waals surface area contributed by atoms with E-state index >= 15 is 0 Å². The Morgan fingerprint density at radius 3 is 2.69 bits per heavy atom. The van der Waals surface area contributed by atoms with E-state index in [4.69, 9.17) is 0 Å². The third-order valence-corrected chi connectivity index (χ3v) is 3.32. The van der Waals surface area contributed by atoms with Crippen molar-refractivity contribution >= 4 is 37.6 Å². The maximum absolute atomic E-state index is 11.9. The van der Waals surface area contributed by atoms with Gasteiger partial charge < -0.3 is 4.98 Å². The molecule has 0 fully saturated rings. The summed E-state index contributed by atoms with van der Waals surface area (Å²) in [5, 5.41) is 2.92. The summed E-state index contributed by atoms with van der Waals surface area (Å²) in [6, 6.07) is 11.9. The van der Waals surface area contributed by atoms with E-state index in [1.807, 2.05) is 36.4 Å². The van der Waals surface area contributed by atoms with Crippen LogP contribution in [-0.2, 0) is 0 Å². The molecule has 3 aromatic rings. The lowest BCUT2D eigenvalue weighted by atomic mass is 10.1. The zero-order valence-electron chi connectivity index (χ0n) is 8.33. The average molecular weight is 274 g/mol. The van der Waals surface area contributed by atoms with Crippen LogP contribution in [0.4, 0.5) is 0 Å². The number of hydrogen-bond acceptors (Lipinski definition) is 1. The van der Waals surface area contributed by atoms with Gasteiger partial charge in [0.05, 0.1) is 9.99 Å². The monoisotopic (exact) mass is 273 g/mol. The Balaban J connectivity index is 2.63. The minimum atomic E-state index is 0.0273. The zero-order valence-corrected chi connectivity index (χ0v) is 9.91. The normalized spacial score (nSPS) is 11.1. The molecule has 0 amide bonds. The van der Waals surface area contributed by atoms with Crippen molar-refractivity contribution in [3.05, 3.63) is 57.3 Å². The van der Waals surface area contributed by atoms with Crippen LogP contribution in [0.2, 0.25) is 0 Å². The lowest BCUT2D eigenvalue weighted by Crippen LogP contribution is -2.03. The molecule has 0 radical (unpaired) electrons. The van der Waals surface area contributed by atoms with Crippen molar-refractivity contribution < 1.29 is 0 Å². The largest absolute Gasteiger partial charge is 0.359 e. The molecule has 1 aromatic heterocycles. The molecule has 3 rings (SSSR count). The van der Waals surface area contributed by atoms with Crippen LogP contribution in [0.3, 0.4) is 0 Å². The molecule has 0 saturated heterocycles. The van der Waals surface area contributed by atoms with Crippen LogP contribution in [0.15, 0.2) is 51.9 Å². The van der Waals surface area contributed by atoms with Crippen LogP contribution in [0.25, 0.3) is 21.7 Å². The minimum absolute atomic E-state index is 0.0273. The Kier molecular flexibility index (Phi) is 2.07. The number of aromatic nitrogens is 1. The standard InChI is InChI=1S/C13H8BrNO/c14-11-7-15-12-9-4-2-1-3-8(9)5-6-10(12)13(11)16/h1-7H,(H,15,16). The van der Waals surface area contributed by atoms with Gasteiger partial charge in [-0.2, -0.15) is 0 Å². The number of fused-ring (bicyclic) bond motifs is 3. The van der Waals surface area contributed by atoms with Gasteiger partial charge in [-0.1, -0.05) is 30.3 Å². The summed E-state index contributed by atoms with van der Waals surface area (Å²) in [5.41, 5.74) is 0.922. The van der Waals surface area contributed by atoms with Gasteiger partial charge in [-0.3, -0.25) is 4.79 Å². The molecule has 2 nitrogen and oxygen atoms in total. The molecule has 0 aliphatic rings. The fourth-order valence-electron chi connectivity index (χ4n) is 1.95. The van der Waals surface area contributed by atoms with Crippen molar-refractivity contribution in [1.29, 1.82) is 0 Å². The summed E-state index contributed by atoms with van der Waals surface area (Å²) in [6.45, 7) is 0. The van der Waals surface area contributed by atoms with E-state index in [-0.39, 0.29) is 5.43 Å². The molecule has 0 unspecified atom stereocenters. The molecular formula is C13H8BrNO. The maximum atomic E-state index is 11.9. The topological polar surface area (TPSA) is 32.9 Å². The number of benzene rings is 2. The van der Waals surface area contributed by atoms with E-state index in [9.17, 15) is 4.79 Å². The van der Waals surface area contributed by atoms with Gasteiger partial charge in [-0.25, -0.2) is 0 Å². The van der Waals surface area contributed by atoms with Gasteiger partial charge in [0.25, 0.3) is 0 Å². The minimum Gasteiger partial charge on any atom is -0.359 e. The quantitative estimate of drug-likeness (QED) is 0.626. The summed E-state index contributed by atoms with van der Waals surface area (Å²) < 4.78 is 0.565. The van der Waals surface area contributed by atoms with Crippen molar-refractivity contribution in [3.8, 4) is 0 Å². The number of nitrogens with one attached hydrogen (secondary N) is 1. The van der Waals surface area contributed by atoms with Crippen LogP contribution < -0.4 is 5.43 Å². The molecule has 16 heavy (non-hydrogen) atoms. The van der Waals surface area contributed by atoms with Crippen LogP contribution >= 0.6 is 15.9 Å². The van der Waals surface area contributed by atoms with E-state index in [2.05, 4.69) is 20.9 Å². The van der Waals surface area contributed by atoms with Crippen molar-refractivity contribution in [1.82, 2.24) is 4.98 Å². The Labute approximate surface area is 100 Å². The highest BCUT2D eigenvalue weighted by Gasteiger charge is 2.05. The van der Waals surface area contributed by atoms with E-state index in [1.54, 1.807) is 6.20 Å². The molecule has 0 atom stereocenters. The fraction of sp³-hybridized carbons (Fsp3) is 0. The number of aromatic amines is 1. The average Bonchev–Trinajstić information content (AvgIpc) is 2.33. The summed E-state index contributed by atoms with van der Waals surface area (Å²) in [6.07, 6.45) is 1.69. The van der Waals surface area contributed by atoms with Gasteiger partial charge in [-0.05, 0) is 27.4 Å². The second kappa shape index (κ2) is 3.46. The fourth-order valence-corrected chi connectivity index (χ4v) is 2.27. The molecule has 3 heteroatoms. The first-order valence-corrected chi connectivity index (χ1v) is 5.75. The van der Waals surface area contributed by atoms with Gasteiger partial charge >= 0.3 is 0 Å². The van der Waals surface area contributed by atoms with Crippen LogP contribution in [0.5, 0.6) is 0 Å². The molecule has 1 heterocycles. The van der Waals surface area contributed by atoms with Crippen molar-refractivity contribution in [3.63, 3.8) is 0 Å². The van der Waals surface area contributed by atoms with Crippen LogP contribution in [-0.4, -0.2) is 4.98 Å². The molecule has 1 N–H and O–H groups in total. The first kappa shape index (κ1) is 9.60. The maximum Gasteiger partial charge on any atom is 0.203 e. The number of H-pyrrole nitrogens is 1. The molecule has 0 aliphatic carbocycles. The molecule has 0 aliphatic heterocycles. The van der Waals surface area contributed by atoms with E-state index in [1.165, 1.54) is 0 Å². The number of rotatable bonds is 0. The lowest BCUT2D eigenvalue weighted by molar-refractivity contribution is 1.37. The van der Waals surface area contributed by atoms with E-state index < -0.39 is 0 Å². The third kappa shape index (κ3) is 1.28. The van der Waals surface area contributed by atoms with Gasteiger partial charge in [0, 0.05) is 17.0 Å². The molecule has 0 saturated carbocycles. The second-order valence-corrected chi connectivity index (χ2v) is 4.53. The third-order valence-electron chi connectivity index (χ3n) is 2.73. The molecule has 2 aromatic carbocycles. The Morgan fingerprint density at radius 2 is 1.81 bits per heavy atom. The highest BCUT2D eigenvalue weighted by molar-refractivity contribution is 9.10. The predicted molar refractivity (Wildman–Crippen MR) is 69.8 cm³/mol. The van der Waals surface area contributed by atoms with E-state index in [0.717, 1.165) is 16.3 Å². The van der Waals surface area contributed by atoms with Gasteiger partial charge in [-0.15, -0.1) is 0 Å². The van der Waals surface area contributed by atoms with Crippen LogP contribution in [0, 0.1) is 0 Å². The smallest absolute Gasteiger partial charge is 0.203 e. The molecule has 78 valence electrons. The number of halogens is 1. The van der Waals surface area contributed by atoms with Crippen molar-refractivity contribution in [2.45, 2.75) is 0 Å². The predicted octanol–water partition coefficient (Wildman–Crippen LogP) is 3.44. The molecule has 0 spiro atoms. The van der Waals surface area contributed by atoms with Crippen LogP contribution in [0.1, 0.15) is 0 Å². The summed E-state index contributed by atoms with van der Waals surface area (Å²) in [5.74, 6) is 0. The van der Waals surface area contributed by atoms with Crippen molar-refractivity contribution in [2.75, 3.05) is 0 Å². The SMILES string of the molecule is O=c1c(Br)c[nH]c2c1ccc1ccccc12. The molecular weight excluding hydrogens is 266 g/mol. The van der Waals surface area contributed by atoms with Gasteiger partial charge in [0.15, 0.2) is 0 Å². The lowest BCUT2D eigenvalue weighted by Gasteiger charge is -2.03. The van der Waals surface area contributed by atoms with Gasteiger partial charge in [0.1, 0.15) is 0 Å².